The number of hydrogen-bond acceptors (Lipinski definition) is 9. The maximum atomic E-state index is 5.63. The van der Waals surface area contributed by atoms with Crippen LogP contribution in [0, 0.1) is 10.6 Å². The van der Waals surface area contributed by atoms with Gasteiger partial charge in [0.1, 0.15) is 3.70 Å². The average molecular weight is 478 g/mol. The molecule has 4 aromatic rings. The van der Waals surface area contributed by atoms with Crippen LogP contribution in [-0.4, -0.2) is 30.3 Å². The predicted octanol–water partition coefficient (Wildman–Crippen LogP) is 3.78. The third kappa shape index (κ3) is 3.75. The van der Waals surface area contributed by atoms with E-state index in [2.05, 4.69) is 52.9 Å². The van der Waals surface area contributed by atoms with Crippen LogP contribution in [0.5, 0.6) is 0 Å². The van der Waals surface area contributed by atoms with Gasteiger partial charge >= 0.3 is 0 Å². The largest absolute Gasteiger partial charge is 0.411 e. The Labute approximate surface area is 166 Å². The van der Waals surface area contributed by atoms with Gasteiger partial charge in [-0.05, 0) is 53.8 Å². The van der Waals surface area contributed by atoms with Crippen LogP contribution in [-0.2, 0) is 5.75 Å². The molecule has 0 atom stereocenters. The molecule has 4 heterocycles. The number of thioether (sulfide) groups is 1. The van der Waals surface area contributed by atoms with Gasteiger partial charge in [0.05, 0.1) is 11.3 Å². The van der Waals surface area contributed by atoms with E-state index >= 15 is 0 Å². The van der Waals surface area contributed by atoms with E-state index in [0.717, 1.165) is 20.5 Å². The van der Waals surface area contributed by atoms with E-state index in [-0.39, 0.29) is 0 Å². The number of nitrogens with zero attached hydrogens (tertiary/aromatic N) is 6. The molecule has 10 heteroatoms. The van der Waals surface area contributed by atoms with E-state index < -0.39 is 0 Å². The SMILES string of the molecule is Cc1ccc(-c2noc(CSc3nnc(-c4ccncc4)o3)n2)c(I)n1. The molecule has 4 aromatic heterocycles. The summed E-state index contributed by atoms with van der Waals surface area (Å²) >= 11 is 3.50. The summed E-state index contributed by atoms with van der Waals surface area (Å²) in [6.07, 6.45) is 3.35. The number of rotatable bonds is 5. The zero-order valence-electron chi connectivity index (χ0n) is 13.5. The van der Waals surface area contributed by atoms with Crippen molar-refractivity contribution in [2.75, 3.05) is 0 Å². The van der Waals surface area contributed by atoms with Crippen LogP contribution in [0.2, 0.25) is 0 Å². The maximum absolute atomic E-state index is 5.63. The van der Waals surface area contributed by atoms with Gasteiger partial charge < -0.3 is 8.94 Å². The molecule has 0 unspecified atom stereocenters. The molecule has 0 bridgehead atoms. The van der Waals surface area contributed by atoms with Gasteiger partial charge in [-0.15, -0.1) is 10.2 Å². The molecule has 0 aromatic carbocycles. The summed E-state index contributed by atoms with van der Waals surface area (Å²) in [5.74, 6) is 1.87. The molecule has 0 amide bonds. The highest BCUT2D eigenvalue weighted by Crippen LogP contribution is 2.26. The topological polar surface area (TPSA) is 104 Å². The van der Waals surface area contributed by atoms with Crippen molar-refractivity contribution in [3.05, 3.63) is 51.9 Å². The monoisotopic (exact) mass is 478 g/mol. The summed E-state index contributed by atoms with van der Waals surface area (Å²) < 4.78 is 11.8. The summed E-state index contributed by atoms with van der Waals surface area (Å²) in [5.41, 5.74) is 2.61. The Morgan fingerprint density at radius 2 is 1.92 bits per heavy atom. The Morgan fingerprint density at radius 1 is 1.08 bits per heavy atom. The van der Waals surface area contributed by atoms with Crippen LogP contribution in [0.15, 0.2) is 50.8 Å². The van der Waals surface area contributed by atoms with Crippen molar-refractivity contribution in [2.45, 2.75) is 17.9 Å². The van der Waals surface area contributed by atoms with Crippen molar-refractivity contribution < 1.29 is 8.94 Å². The highest BCUT2D eigenvalue weighted by Gasteiger charge is 2.15. The third-order valence-corrected chi connectivity index (χ3v) is 4.98. The summed E-state index contributed by atoms with van der Waals surface area (Å²) in [4.78, 5) is 12.8. The summed E-state index contributed by atoms with van der Waals surface area (Å²) in [7, 11) is 0. The minimum absolute atomic E-state index is 0.431. The Hall–Kier alpha value is -2.34. The maximum Gasteiger partial charge on any atom is 0.277 e. The summed E-state index contributed by atoms with van der Waals surface area (Å²) in [6.45, 7) is 1.94. The van der Waals surface area contributed by atoms with E-state index in [9.17, 15) is 0 Å². The molecule has 0 radical (unpaired) electrons. The Balaban J connectivity index is 1.45. The van der Waals surface area contributed by atoms with Gasteiger partial charge in [-0.1, -0.05) is 16.9 Å². The van der Waals surface area contributed by atoms with E-state index in [1.807, 2.05) is 31.2 Å². The number of aryl methyl sites for hydroxylation is 1. The second-order valence-corrected chi connectivity index (χ2v) is 7.15. The lowest BCUT2D eigenvalue weighted by molar-refractivity contribution is 0.391. The molecule has 130 valence electrons. The van der Waals surface area contributed by atoms with E-state index in [0.29, 0.717) is 28.6 Å². The first-order valence-corrected chi connectivity index (χ1v) is 9.58. The highest BCUT2D eigenvalue weighted by molar-refractivity contribution is 14.1. The molecule has 26 heavy (non-hydrogen) atoms. The molecule has 0 saturated heterocycles. The molecule has 4 rings (SSSR count). The van der Waals surface area contributed by atoms with Crippen molar-refractivity contribution in [3.63, 3.8) is 0 Å². The number of halogens is 1. The van der Waals surface area contributed by atoms with Crippen molar-refractivity contribution >= 4 is 34.4 Å². The van der Waals surface area contributed by atoms with Crippen LogP contribution in [0.4, 0.5) is 0 Å². The molecule has 8 nitrogen and oxygen atoms in total. The Morgan fingerprint density at radius 3 is 2.73 bits per heavy atom. The van der Waals surface area contributed by atoms with Gasteiger partial charge in [0, 0.05) is 23.7 Å². The molecular formula is C16H11IN6O2S. The van der Waals surface area contributed by atoms with Crippen LogP contribution < -0.4 is 0 Å². The van der Waals surface area contributed by atoms with E-state index in [1.54, 1.807) is 12.4 Å². The summed E-state index contributed by atoms with van der Waals surface area (Å²) in [6, 6.07) is 7.47. The molecule has 0 saturated carbocycles. The van der Waals surface area contributed by atoms with Gasteiger partial charge in [-0.25, -0.2) is 4.98 Å². The minimum atomic E-state index is 0.431. The standard InChI is InChI=1S/C16H11IN6O2S/c1-9-2-3-11(13(17)19-9)14-20-12(25-23-14)8-26-16-22-21-15(24-16)10-4-6-18-7-5-10/h2-7H,8H2,1H3. The normalized spacial score (nSPS) is 11.0. The van der Waals surface area contributed by atoms with Gasteiger partial charge in [0.25, 0.3) is 5.22 Å². The van der Waals surface area contributed by atoms with Gasteiger partial charge in [-0.2, -0.15) is 4.98 Å². The molecule has 0 aliphatic rings. The van der Waals surface area contributed by atoms with Crippen LogP contribution in [0.1, 0.15) is 11.6 Å². The number of aromatic nitrogens is 6. The second kappa shape index (κ2) is 7.50. The first-order valence-electron chi connectivity index (χ1n) is 7.52. The summed E-state index contributed by atoms with van der Waals surface area (Å²) in [5, 5.41) is 12.5. The van der Waals surface area contributed by atoms with Crippen molar-refractivity contribution in [3.8, 4) is 22.8 Å². The lowest BCUT2D eigenvalue weighted by Crippen LogP contribution is -1.91. The molecule has 0 N–H and O–H groups in total. The molecule has 0 aliphatic heterocycles. The Bertz CT molecular complexity index is 1040. The fourth-order valence-electron chi connectivity index (χ4n) is 2.12. The van der Waals surface area contributed by atoms with Crippen molar-refractivity contribution in [1.82, 2.24) is 30.3 Å². The van der Waals surface area contributed by atoms with Gasteiger partial charge in [0.15, 0.2) is 0 Å². The molecule has 0 spiro atoms. The first kappa shape index (κ1) is 17.1. The quantitative estimate of drug-likeness (QED) is 0.241. The van der Waals surface area contributed by atoms with Crippen LogP contribution in [0.3, 0.4) is 0 Å². The smallest absolute Gasteiger partial charge is 0.277 e. The third-order valence-electron chi connectivity index (χ3n) is 3.35. The second-order valence-electron chi connectivity index (χ2n) is 5.20. The number of hydrogen-bond donors (Lipinski definition) is 0. The average Bonchev–Trinajstić information content (AvgIpc) is 3.30. The zero-order valence-corrected chi connectivity index (χ0v) is 16.4. The molecular weight excluding hydrogens is 467 g/mol. The fraction of sp³-hybridized carbons (Fsp3) is 0.125. The lowest BCUT2D eigenvalue weighted by Gasteiger charge is -1.98. The van der Waals surface area contributed by atoms with Gasteiger partial charge in [0.2, 0.25) is 17.6 Å². The highest BCUT2D eigenvalue weighted by atomic mass is 127. The van der Waals surface area contributed by atoms with E-state index in [1.165, 1.54) is 11.8 Å². The van der Waals surface area contributed by atoms with Crippen LogP contribution in [0.25, 0.3) is 22.8 Å². The Kier molecular flexibility index (Phi) is 4.93. The van der Waals surface area contributed by atoms with Crippen molar-refractivity contribution in [1.29, 1.82) is 0 Å². The first-order chi connectivity index (χ1) is 12.7. The molecule has 0 fully saturated rings. The van der Waals surface area contributed by atoms with E-state index in [4.69, 9.17) is 8.94 Å². The predicted molar refractivity (Wildman–Crippen MR) is 102 cm³/mol. The number of pyridine rings is 2. The minimum Gasteiger partial charge on any atom is -0.411 e. The van der Waals surface area contributed by atoms with Gasteiger partial charge in [-0.3, -0.25) is 4.98 Å². The lowest BCUT2D eigenvalue weighted by atomic mass is 10.2. The van der Waals surface area contributed by atoms with Crippen LogP contribution >= 0.6 is 34.4 Å². The fourth-order valence-corrected chi connectivity index (χ4v) is 3.52. The molecule has 0 aliphatic carbocycles. The zero-order chi connectivity index (χ0) is 17.9. The van der Waals surface area contributed by atoms with Crippen molar-refractivity contribution in [2.24, 2.45) is 0 Å².